The van der Waals surface area contributed by atoms with E-state index >= 15 is 0 Å². The SMILES string of the molecule is CC(C)=CCCC1(C)C=Cc2cc(-c3coc4cc(O)cc(O)c4c3=O)ccc2O1. The highest BCUT2D eigenvalue weighted by molar-refractivity contribution is 5.88. The lowest BCUT2D eigenvalue weighted by molar-refractivity contribution is 0.129. The quantitative estimate of drug-likeness (QED) is 0.539. The number of rotatable bonds is 4. The van der Waals surface area contributed by atoms with Crippen LogP contribution in [0, 0.1) is 0 Å². The summed E-state index contributed by atoms with van der Waals surface area (Å²) in [6.07, 6.45) is 9.43. The summed E-state index contributed by atoms with van der Waals surface area (Å²) < 4.78 is 11.7. The van der Waals surface area contributed by atoms with Gasteiger partial charge in [-0.3, -0.25) is 4.79 Å². The first-order valence-corrected chi connectivity index (χ1v) is 9.89. The van der Waals surface area contributed by atoms with Crippen LogP contribution in [0.5, 0.6) is 17.2 Å². The minimum absolute atomic E-state index is 0.0432. The maximum absolute atomic E-state index is 12.9. The fourth-order valence-corrected chi connectivity index (χ4v) is 3.69. The van der Waals surface area contributed by atoms with Crippen molar-refractivity contribution in [3.63, 3.8) is 0 Å². The smallest absolute Gasteiger partial charge is 0.204 e. The molecule has 0 aliphatic carbocycles. The first-order chi connectivity index (χ1) is 14.3. The molecule has 1 aliphatic heterocycles. The summed E-state index contributed by atoms with van der Waals surface area (Å²) >= 11 is 0. The van der Waals surface area contributed by atoms with Gasteiger partial charge in [0, 0.05) is 17.7 Å². The van der Waals surface area contributed by atoms with Gasteiger partial charge in [-0.15, -0.1) is 0 Å². The van der Waals surface area contributed by atoms with Crippen molar-refractivity contribution in [3.05, 3.63) is 70.1 Å². The molecular formula is C25H24O5. The monoisotopic (exact) mass is 404 g/mol. The number of ether oxygens (including phenoxy) is 1. The van der Waals surface area contributed by atoms with Crippen LogP contribution in [0.2, 0.25) is 0 Å². The second-order valence-corrected chi connectivity index (χ2v) is 8.14. The van der Waals surface area contributed by atoms with Gasteiger partial charge in [-0.05, 0) is 57.4 Å². The van der Waals surface area contributed by atoms with Crippen LogP contribution in [-0.2, 0) is 0 Å². The topological polar surface area (TPSA) is 79.9 Å². The van der Waals surface area contributed by atoms with Crippen LogP contribution < -0.4 is 10.2 Å². The molecule has 30 heavy (non-hydrogen) atoms. The second kappa shape index (κ2) is 7.41. The Labute approximate surface area is 174 Å². The van der Waals surface area contributed by atoms with Crippen molar-refractivity contribution < 1.29 is 19.4 Å². The van der Waals surface area contributed by atoms with Crippen molar-refractivity contribution in [2.45, 2.75) is 39.2 Å². The molecule has 3 aromatic rings. The Kier molecular flexibility index (Phi) is 4.90. The molecule has 0 radical (unpaired) electrons. The van der Waals surface area contributed by atoms with E-state index in [2.05, 4.69) is 32.9 Å². The molecule has 2 heterocycles. The predicted molar refractivity (Wildman–Crippen MR) is 118 cm³/mol. The highest BCUT2D eigenvalue weighted by Gasteiger charge is 2.27. The van der Waals surface area contributed by atoms with Gasteiger partial charge in [0.1, 0.15) is 40.1 Å². The van der Waals surface area contributed by atoms with Gasteiger partial charge in [-0.1, -0.05) is 23.8 Å². The highest BCUT2D eigenvalue weighted by Crippen LogP contribution is 2.36. The van der Waals surface area contributed by atoms with Gasteiger partial charge in [-0.2, -0.15) is 0 Å². The Bertz CT molecular complexity index is 1240. The average Bonchev–Trinajstić information content (AvgIpc) is 2.67. The summed E-state index contributed by atoms with van der Waals surface area (Å²) in [7, 11) is 0. The Balaban J connectivity index is 1.68. The fourth-order valence-electron chi connectivity index (χ4n) is 3.69. The molecule has 154 valence electrons. The zero-order valence-electron chi connectivity index (χ0n) is 17.2. The van der Waals surface area contributed by atoms with Crippen molar-refractivity contribution in [1.29, 1.82) is 0 Å². The normalized spacial score (nSPS) is 17.4. The number of allylic oxidation sites excluding steroid dienone is 2. The zero-order valence-corrected chi connectivity index (χ0v) is 17.2. The van der Waals surface area contributed by atoms with Gasteiger partial charge in [0.2, 0.25) is 5.43 Å². The zero-order chi connectivity index (χ0) is 21.5. The lowest BCUT2D eigenvalue weighted by Crippen LogP contribution is -2.31. The molecule has 1 aromatic heterocycles. The summed E-state index contributed by atoms with van der Waals surface area (Å²) in [6.45, 7) is 6.24. The van der Waals surface area contributed by atoms with Crippen molar-refractivity contribution >= 4 is 17.0 Å². The van der Waals surface area contributed by atoms with Crippen molar-refractivity contribution in [2.75, 3.05) is 0 Å². The number of fused-ring (bicyclic) bond motifs is 2. The molecule has 5 nitrogen and oxygen atoms in total. The molecule has 0 saturated carbocycles. The summed E-state index contributed by atoms with van der Waals surface area (Å²) in [5.74, 6) is 0.285. The van der Waals surface area contributed by atoms with Gasteiger partial charge >= 0.3 is 0 Å². The van der Waals surface area contributed by atoms with Crippen LogP contribution in [0.25, 0.3) is 28.2 Å². The highest BCUT2D eigenvalue weighted by atomic mass is 16.5. The van der Waals surface area contributed by atoms with Crippen LogP contribution >= 0.6 is 0 Å². The molecule has 4 rings (SSSR count). The van der Waals surface area contributed by atoms with Crippen LogP contribution in [0.15, 0.2) is 63.5 Å². The van der Waals surface area contributed by atoms with Gasteiger partial charge in [0.05, 0.1) is 5.56 Å². The van der Waals surface area contributed by atoms with Crippen LogP contribution in [0.4, 0.5) is 0 Å². The molecule has 0 amide bonds. The van der Waals surface area contributed by atoms with Crippen molar-refractivity contribution in [3.8, 4) is 28.4 Å². The molecule has 0 bridgehead atoms. The third-order valence-corrected chi connectivity index (χ3v) is 5.31. The van der Waals surface area contributed by atoms with Crippen LogP contribution in [0.1, 0.15) is 39.2 Å². The van der Waals surface area contributed by atoms with E-state index in [9.17, 15) is 15.0 Å². The molecule has 0 saturated heterocycles. The van der Waals surface area contributed by atoms with Gasteiger partial charge in [-0.25, -0.2) is 0 Å². The Hall–Kier alpha value is -3.47. The number of benzene rings is 2. The minimum atomic E-state index is -0.379. The maximum atomic E-state index is 12.9. The summed E-state index contributed by atoms with van der Waals surface area (Å²) in [4.78, 5) is 12.9. The van der Waals surface area contributed by atoms with Crippen LogP contribution in [-0.4, -0.2) is 15.8 Å². The summed E-state index contributed by atoms with van der Waals surface area (Å²) in [5.41, 5.74) is 2.56. The summed E-state index contributed by atoms with van der Waals surface area (Å²) in [6, 6.07) is 7.97. The molecule has 0 spiro atoms. The average molecular weight is 404 g/mol. The Morgan fingerprint density at radius 1 is 1.17 bits per heavy atom. The van der Waals surface area contributed by atoms with E-state index in [-0.39, 0.29) is 33.5 Å². The maximum Gasteiger partial charge on any atom is 0.204 e. The first kappa shape index (κ1) is 19.8. The fraction of sp³-hybridized carbons (Fsp3) is 0.240. The summed E-state index contributed by atoms with van der Waals surface area (Å²) in [5, 5.41) is 19.7. The van der Waals surface area contributed by atoms with Crippen molar-refractivity contribution in [1.82, 2.24) is 0 Å². The molecule has 5 heteroatoms. The van der Waals surface area contributed by atoms with Gasteiger partial charge < -0.3 is 19.4 Å². The van der Waals surface area contributed by atoms with E-state index in [1.165, 1.54) is 17.9 Å². The second-order valence-electron chi connectivity index (χ2n) is 8.14. The Morgan fingerprint density at radius 3 is 2.73 bits per heavy atom. The third-order valence-electron chi connectivity index (χ3n) is 5.31. The number of phenols is 2. The van der Waals surface area contributed by atoms with E-state index in [0.717, 1.165) is 30.2 Å². The Morgan fingerprint density at radius 2 is 1.97 bits per heavy atom. The number of hydrogen-bond donors (Lipinski definition) is 2. The van der Waals surface area contributed by atoms with E-state index in [1.54, 1.807) is 0 Å². The van der Waals surface area contributed by atoms with E-state index < -0.39 is 0 Å². The number of aromatic hydroxyl groups is 2. The lowest BCUT2D eigenvalue weighted by Gasteiger charge is -2.31. The molecule has 0 fully saturated rings. The largest absolute Gasteiger partial charge is 0.508 e. The molecule has 2 N–H and O–H groups in total. The molecule has 1 aliphatic rings. The van der Waals surface area contributed by atoms with Gasteiger partial charge in [0.25, 0.3) is 0 Å². The third kappa shape index (κ3) is 3.71. The standard InChI is InChI=1S/C25H24O5/c1-15(2)5-4-9-25(3)10-8-17-11-16(6-7-21(17)30-25)19-14-29-22-13-18(26)12-20(27)23(22)24(19)28/h5-8,10-14,26-27H,4,9H2,1-3H3. The lowest BCUT2D eigenvalue weighted by atomic mass is 9.93. The first-order valence-electron chi connectivity index (χ1n) is 9.89. The predicted octanol–water partition coefficient (Wildman–Crippen LogP) is 5.78. The number of hydrogen-bond acceptors (Lipinski definition) is 5. The van der Waals surface area contributed by atoms with E-state index in [0.29, 0.717) is 11.1 Å². The van der Waals surface area contributed by atoms with E-state index in [1.807, 2.05) is 24.3 Å². The minimum Gasteiger partial charge on any atom is -0.508 e. The van der Waals surface area contributed by atoms with E-state index in [4.69, 9.17) is 9.15 Å². The van der Waals surface area contributed by atoms with Crippen molar-refractivity contribution in [2.24, 2.45) is 0 Å². The molecule has 1 atom stereocenters. The molecule has 1 unspecified atom stereocenters. The van der Waals surface area contributed by atoms with Crippen LogP contribution in [0.3, 0.4) is 0 Å². The number of phenolic OH excluding ortho intramolecular Hbond substituents is 2. The molecule has 2 aromatic carbocycles. The molecular weight excluding hydrogens is 380 g/mol. The van der Waals surface area contributed by atoms with Gasteiger partial charge in [0.15, 0.2) is 0 Å².